The molecule has 60 heavy (non-hydrogen) atoms. The van der Waals surface area contributed by atoms with E-state index in [9.17, 15) is 45.0 Å². The van der Waals surface area contributed by atoms with Crippen molar-refractivity contribution in [1.29, 1.82) is 0 Å². The highest BCUT2D eigenvalue weighted by Gasteiger charge is 2.71. The lowest BCUT2D eigenvalue weighted by molar-refractivity contribution is -0.376. The van der Waals surface area contributed by atoms with Gasteiger partial charge in [-0.15, -0.1) is 0 Å². The maximum absolute atomic E-state index is 13.3. The highest BCUT2D eigenvalue weighted by molar-refractivity contribution is 5.74. The van der Waals surface area contributed by atoms with Gasteiger partial charge < -0.3 is 63.8 Å². The lowest BCUT2D eigenvalue weighted by atomic mass is 9.34. The third kappa shape index (κ3) is 7.63. The van der Waals surface area contributed by atoms with Gasteiger partial charge in [-0.1, -0.05) is 41.5 Å². The topological polar surface area (TPSA) is 237 Å². The van der Waals surface area contributed by atoms with Crippen LogP contribution in [-0.4, -0.2) is 141 Å². The van der Waals surface area contributed by atoms with Crippen molar-refractivity contribution in [3.8, 4) is 0 Å². The quantitative estimate of drug-likeness (QED) is 0.105. The zero-order valence-corrected chi connectivity index (χ0v) is 36.4. The molecule has 7 rings (SSSR count). The van der Waals surface area contributed by atoms with Gasteiger partial charge in [0, 0.05) is 18.8 Å². The second-order valence-electron chi connectivity index (χ2n) is 20.7. The molecule has 4 saturated heterocycles. The highest BCUT2D eigenvalue weighted by Crippen LogP contribution is 2.74. The Labute approximate surface area is 352 Å². The van der Waals surface area contributed by atoms with E-state index in [-0.39, 0.29) is 64.9 Å². The fraction of sp³-hybridized carbons (Fsp3) is 0.932. The predicted octanol–water partition coefficient (Wildman–Crippen LogP) is 2.13. The van der Waals surface area contributed by atoms with Crippen LogP contribution in [0, 0.1) is 51.2 Å². The summed E-state index contributed by atoms with van der Waals surface area (Å²) in [5.41, 5.74) is -1.48. The van der Waals surface area contributed by atoms with Crippen LogP contribution in [0.4, 0.5) is 0 Å². The van der Waals surface area contributed by atoms with Crippen LogP contribution >= 0.6 is 0 Å². The maximum Gasteiger partial charge on any atom is 0.309 e. The van der Waals surface area contributed by atoms with E-state index in [1.54, 1.807) is 0 Å². The van der Waals surface area contributed by atoms with Crippen molar-refractivity contribution in [2.24, 2.45) is 51.2 Å². The van der Waals surface area contributed by atoms with Crippen molar-refractivity contribution in [1.82, 2.24) is 0 Å². The third-order valence-corrected chi connectivity index (χ3v) is 17.1. The molecule has 21 atom stereocenters. The molecule has 0 aromatic heterocycles. The average Bonchev–Trinajstić information content (AvgIpc) is 3.73. The van der Waals surface area contributed by atoms with Crippen LogP contribution in [0.3, 0.4) is 0 Å². The van der Waals surface area contributed by atoms with Gasteiger partial charge in [0.1, 0.15) is 54.9 Å². The molecule has 0 amide bonds. The summed E-state index contributed by atoms with van der Waals surface area (Å²) in [6, 6.07) is 0. The molecule has 3 saturated carbocycles. The van der Waals surface area contributed by atoms with E-state index >= 15 is 0 Å². The summed E-state index contributed by atoms with van der Waals surface area (Å²) >= 11 is 0. The molecule has 0 aromatic carbocycles. The molecule has 1 spiro atoms. The van der Waals surface area contributed by atoms with Crippen molar-refractivity contribution in [3.63, 3.8) is 0 Å². The van der Waals surface area contributed by atoms with Crippen LogP contribution in [-0.2, 0) is 47.5 Å². The Hall–Kier alpha value is -1.99. The zero-order chi connectivity index (χ0) is 43.9. The molecular formula is C44H70O16. The van der Waals surface area contributed by atoms with Crippen molar-refractivity contribution in [3.05, 3.63) is 0 Å². The van der Waals surface area contributed by atoms with E-state index in [2.05, 4.69) is 34.6 Å². The number of cyclic esters (lactones) is 2. The van der Waals surface area contributed by atoms with Crippen LogP contribution in [0.25, 0.3) is 0 Å². The monoisotopic (exact) mass is 854 g/mol. The zero-order valence-electron chi connectivity index (χ0n) is 36.4. The van der Waals surface area contributed by atoms with Crippen LogP contribution in [0.2, 0.25) is 0 Å². The summed E-state index contributed by atoms with van der Waals surface area (Å²) in [6.07, 6.45) is -9.45. The number of esters is 3. The Kier molecular flexibility index (Phi) is 12.9. The number of ether oxygens (including phenoxy) is 7. The van der Waals surface area contributed by atoms with Gasteiger partial charge in [0.05, 0.1) is 37.8 Å². The fourth-order valence-corrected chi connectivity index (χ4v) is 13.8. The highest BCUT2D eigenvalue weighted by atomic mass is 16.8. The SMILES string of the molecule is CC(=O)O[C@@H](C[C@@H]1C[C@@H](C)C(=O)O1)[C@H](C)[C@H]1CC[C@@H]2[C@@]3(C)CC[C@H](O[C@@H]4O[C@H](CO)[C@@H](O)[C@H](O)[C@H]4O[C@@H]4O[C@@H](C)[C@H](O)[C@@H](O)[C@H]4O)C(C)(C)C3CC[C@@]2(C)[C@@]12COC(=O)C2. The Balaban J connectivity index is 1.13. The molecule has 16 heteroatoms. The molecule has 0 bridgehead atoms. The van der Waals surface area contributed by atoms with E-state index in [0.717, 1.165) is 32.1 Å². The standard InChI is InChI=1S/C44H70O16/c1-20-15-24(57-38(20)53)16-26(56-23(4)46)21(2)25-9-10-29-42(7)13-12-30(41(5,6)28(42)11-14-43(29,8)44(25)17-31(47)54-19-44)59-40-37(35(51)33(49)27(18-45)58-40)60-39-36(52)34(50)32(48)22(3)55-39/h20-22,24-30,32-37,39-40,45,48-52H,9-19H2,1-8H3/t20-,21-,22+,24+,25-,26+,27-,28?,29-,30+,32+,33-,34-,35+,36-,37-,39+,40+,42+,43-,44+/m1/s1. The van der Waals surface area contributed by atoms with Crippen molar-refractivity contribution >= 4 is 17.9 Å². The summed E-state index contributed by atoms with van der Waals surface area (Å²) in [5, 5.41) is 63.8. The number of carbonyl (C=O) groups is 3. The smallest absolute Gasteiger partial charge is 0.309 e. The second-order valence-corrected chi connectivity index (χ2v) is 20.7. The van der Waals surface area contributed by atoms with Gasteiger partial charge in [0.15, 0.2) is 12.6 Å². The molecule has 4 heterocycles. The van der Waals surface area contributed by atoms with E-state index in [0.29, 0.717) is 25.9 Å². The number of rotatable bonds is 10. The second kappa shape index (κ2) is 16.9. The minimum absolute atomic E-state index is 0.00225. The molecule has 342 valence electrons. The average molecular weight is 855 g/mol. The van der Waals surface area contributed by atoms with Crippen molar-refractivity contribution in [2.75, 3.05) is 13.2 Å². The summed E-state index contributed by atoms with van der Waals surface area (Å²) in [4.78, 5) is 38.2. The van der Waals surface area contributed by atoms with Crippen molar-refractivity contribution in [2.45, 2.75) is 193 Å². The molecule has 7 fully saturated rings. The Morgan fingerprint density at radius 2 is 1.57 bits per heavy atom. The van der Waals surface area contributed by atoms with E-state index in [1.165, 1.54) is 13.8 Å². The van der Waals surface area contributed by atoms with Crippen LogP contribution < -0.4 is 0 Å². The lowest BCUT2D eigenvalue weighted by Gasteiger charge is -2.70. The number of hydrogen-bond donors (Lipinski definition) is 6. The lowest BCUT2D eigenvalue weighted by Crippen LogP contribution is -2.67. The first-order valence-corrected chi connectivity index (χ1v) is 22.3. The Morgan fingerprint density at radius 3 is 2.18 bits per heavy atom. The molecule has 6 N–H and O–H groups in total. The van der Waals surface area contributed by atoms with Crippen molar-refractivity contribution < 1.29 is 78.2 Å². The largest absolute Gasteiger partial charge is 0.465 e. The summed E-state index contributed by atoms with van der Waals surface area (Å²) in [5.74, 6) is -0.856. The number of carbonyl (C=O) groups excluding carboxylic acids is 3. The molecule has 7 aliphatic rings. The van der Waals surface area contributed by atoms with Gasteiger partial charge in [-0.05, 0) is 91.8 Å². The first-order valence-electron chi connectivity index (χ1n) is 22.3. The molecule has 0 aromatic rings. The molecular weight excluding hydrogens is 784 g/mol. The summed E-state index contributed by atoms with van der Waals surface area (Å²) in [7, 11) is 0. The first kappa shape index (κ1) is 46.0. The summed E-state index contributed by atoms with van der Waals surface area (Å²) in [6.45, 7) is 15.6. The summed E-state index contributed by atoms with van der Waals surface area (Å²) < 4.78 is 42.2. The maximum atomic E-state index is 13.3. The first-order chi connectivity index (χ1) is 28.1. The van der Waals surface area contributed by atoms with Gasteiger partial charge in [0.25, 0.3) is 0 Å². The van der Waals surface area contributed by atoms with Crippen LogP contribution in [0.15, 0.2) is 0 Å². The van der Waals surface area contributed by atoms with Gasteiger partial charge in [0.2, 0.25) is 0 Å². The number of hydrogen-bond acceptors (Lipinski definition) is 16. The Bertz CT molecular complexity index is 1590. The molecule has 0 radical (unpaired) electrons. The minimum Gasteiger partial charge on any atom is -0.465 e. The van der Waals surface area contributed by atoms with E-state index < -0.39 is 97.0 Å². The van der Waals surface area contributed by atoms with Gasteiger partial charge in [-0.3, -0.25) is 14.4 Å². The normalized spacial score (nSPS) is 50.0. The molecule has 3 aliphatic carbocycles. The fourth-order valence-electron chi connectivity index (χ4n) is 13.8. The van der Waals surface area contributed by atoms with Gasteiger partial charge in [-0.2, -0.15) is 0 Å². The molecule has 1 unspecified atom stereocenters. The van der Waals surface area contributed by atoms with E-state index in [4.69, 9.17) is 33.2 Å². The van der Waals surface area contributed by atoms with Crippen LogP contribution in [0.1, 0.15) is 113 Å². The molecule has 16 nitrogen and oxygen atoms in total. The minimum atomic E-state index is -1.68. The van der Waals surface area contributed by atoms with Gasteiger partial charge >= 0.3 is 17.9 Å². The Morgan fingerprint density at radius 1 is 0.850 bits per heavy atom. The third-order valence-electron chi connectivity index (χ3n) is 17.1. The number of aliphatic hydroxyl groups excluding tert-OH is 6. The van der Waals surface area contributed by atoms with Crippen LogP contribution in [0.5, 0.6) is 0 Å². The predicted molar refractivity (Wildman–Crippen MR) is 209 cm³/mol. The van der Waals surface area contributed by atoms with Gasteiger partial charge in [-0.25, -0.2) is 0 Å². The molecule has 4 aliphatic heterocycles. The number of aliphatic hydroxyl groups is 6. The number of fused-ring (bicyclic) bond motifs is 4. The van der Waals surface area contributed by atoms with E-state index in [1.807, 2.05) is 6.92 Å².